The van der Waals surface area contributed by atoms with E-state index in [1.807, 2.05) is 0 Å². The Kier molecular flexibility index (Phi) is 53.0. The minimum Gasteiger partial charge on any atom is -0.479 e. The highest BCUT2D eigenvalue weighted by Gasteiger charge is 2.50. The first-order chi connectivity index (χ1) is 39.6. The Morgan fingerprint density at radius 2 is 0.741 bits per heavy atom. The summed E-state index contributed by atoms with van der Waals surface area (Å²) in [5, 5.41) is 31.6. The maximum atomic E-state index is 13.2. The maximum absolute atomic E-state index is 13.2. The Hall–Kier alpha value is -3.58. The van der Waals surface area contributed by atoms with Crippen LogP contribution in [0.25, 0.3) is 0 Å². The fourth-order valence-corrected chi connectivity index (χ4v) is 9.89. The van der Waals surface area contributed by atoms with E-state index in [9.17, 15) is 34.5 Å². The van der Waals surface area contributed by atoms with Gasteiger partial charge in [-0.05, 0) is 109 Å². The molecule has 12 heteroatoms. The van der Waals surface area contributed by atoms with Crippen molar-refractivity contribution in [2.75, 3.05) is 13.2 Å². The van der Waals surface area contributed by atoms with Crippen LogP contribution in [0.4, 0.5) is 0 Å². The van der Waals surface area contributed by atoms with E-state index in [2.05, 4.69) is 81.5 Å². The second-order valence-corrected chi connectivity index (χ2v) is 22.7. The summed E-state index contributed by atoms with van der Waals surface area (Å²) in [5.74, 6) is -3.13. The minimum atomic E-state index is -1.91. The second-order valence-electron chi connectivity index (χ2n) is 22.7. The van der Waals surface area contributed by atoms with E-state index in [4.69, 9.17) is 23.7 Å². The summed E-state index contributed by atoms with van der Waals surface area (Å²) in [6.45, 7) is 5.97. The van der Waals surface area contributed by atoms with Crippen molar-refractivity contribution < 1.29 is 58.2 Å². The topological polar surface area (TPSA) is 175 Å². The second kappa shape index (κ2) is 56.9. The number of rotatable bonds is 57. The van der Waals surface area contributed by atoms with E-state index in [1.54, 1.807) is 0 Å². The fraction of sp³-hybridized carbons (Fsp3) is 0.797. The Morgan fingerprint density at radius 1 is 0.407 bits per heavy atom. The largest absolute Gasteiger partial charge is 0.479 e. The number of carboxylic acids is 1. The molecular weight excluding hydrogens is 1020 g/mol. The maximum Gasteiger partial charge on any atom is 0.335 e. The summed E-state index contributed by atoms with van der Waals surface area (Å²) in [7, 11) is 0. The molecule has 6 atom stereocenters. The molecule has 0 radical (unpaired) electrons. The van der Waals surface area contributed by atoms with Crippen molar-refractivity contribution in [3.63, 3.8) is 0 Å². The number of aliphatic hydroxyl groups excluding tert-OH is 2. The van der Waals surface area contributed by atoms with Gasteiger partial charge in [0.15, 0.2) is 24.6 Å². The van der Waals surface area contributed by atoms with E-state index in [0.29, 0.717) is 19.3 Å². The van der Waals surface area contributed by atoms with Gasteiger partial charge in [-0.3, -0.25) is 14.4 Å². The van der Waals surface area contributed by atoms with Gasteiger partial charge < -0.3 is 39.0 Å². The number of hydrogen-bond acceptors (Lipinski definition) is 11. The number of ether oxygens (including phenoxy) is 5. The lowest BCUT2D eigenvalue weighted by Gasteiger charge is -2.40. The summed E-state index contributed by atoms with van der Waals surface area (Å²) >= 11 is 0. The quantitative estimate of drug-likeness (QED) is 0.0228. The molecule has 468 valence electrons. The molecule has 0 aromatic carbocycles. The molecule has 0 bridgehead atoms. The number of allylic oxidation sites excluding steroid dienone is 10. The van der Waals surface area contributed by atoms with Crippen LogP contribution in [0.5, 0.6) is 0 Å². The normalized spacial score (nSPS) is 18.1. The van der Waals surface area contributed by atoms with Crippen LogP contribution in [0.3, 0.4) is 0 Å². The lowest BCUT2D eigenvalue weighted by Crippen LogP contribution is -2.61. The molecule has 3 N–H and O–H groups in total. The SMILES string of the molecule is CCCCC/C=C\C/C=C\C/C=C\CCCCCCCCC(=O)OC1C(OCC(COC(=O)CCCCCCCCCCC/C=C\CCCCCCCC)OC(=O)CCCCCCC/C=C\CCCCCC)OC(C(=O)O)C(O)C1O. The van der Waals surface area contributed by atoms with Crippen molar-refractivity contribution in [2.24, 2.45) is 0 Å². The van der Waals surface area contributed by atoms with Gasteiger partial charge in [-0.1, -0.05) is 236 Å². The van der Waals surface area contributed by atoms with E-state index in [-0.39, 0.29) is 25.9 Å². The van der Waals surface area contributed by atoms with Crippen LogP contribution < -0.4 is 0 Å². The summed E-state index contributed by atoms with van der Waals surface area (Å²) in [5.41, 5.74) is 0. The molecule has 0 aliphatic carbocycles. The lowest BCUT2D eigenvalue weighted by molar-refractivity contribution is -0.301. The number of esters is 3. The fourth-order valence-electron chi connectivity index (χ4n) is 9.89. The number of hydrogen-bond donors (Lipinski definition) is 3. The lowest BCUT2D eigenvalue weighted by atomic mass is 9.98. The van der Waals surface area contributed by atoms with Crippen molar-refractivity contribution >= 4 is 23.9 Å². The molecular formula is C69H120O12. The van der Waals surface area contributed by atoms with Gasteiger partial charge in [0.25, 0.3) is 0 Å². The molecule has 1 rings (SSSR count). The molecule has 0 saturated carbocycles. The molecule has 1 heterocycles. The molecule has 12 nitrogen and oxygen atoms in total. The third kappa shape index (κ3) is 46.5. The van der Waals surface area contributed by atoms with Crippen LogP contribution in [0.2, 0.25) is 0 Å². The predicted molar refractivity (Wildman–Crippen MR) is 331 cm³/mol. The van der Waals surface area contributed by atoms with Crippen molar-refractivity contribution in [1.82, 2.24) is 0 Å². The predicted octanol–water partition coefficient (Wildman–Crippen LogP) is 17.9. The zero-order chi connectivity index (χ0) is 58.9. The Balaban J connectivity index is 2.64. The van der Waals surface area contributed by atoms with Gasteiger partial charge >= 0.3 is 23.9 Å². The van der Waals surface area contributed by atoms with Gasteiger partial charge in [0, 0.05) is 19.3 Å². The molecule has 6 unspecified atom stereocenters. The molecule has 0 amide bonds. The molecule has 1 aliphatic heterocycles. The van der Waals surface area contributed by atoms with Gasteiger partial charge in [0.2, 0.25) is 0 Å². The molecule has 1 fully saturated rings. The third-order valence-corrected chi connectivity index (χ3v) is 15.0. The Labute approximate surface area is 494 Å². The van der Waals surface area contributed by atoms with Crippen molar-refractivity contribution in [3.8, 4) is 0 Å². The number of carboxylic acid groups (broad SMARTS) is 1. The van der Waals surface area contributed by atoms with E-state index < -0.39 is 67.3 Å². The zero-order valence-corrected chi connectivity index (χ0v) is 51.8. The summed E-state index contributed by atoms with van der Waals surface area (Å²) in [4.78, 5) is 51.3. The summed E-state index contributed by atoms with van der Waals surface area (Å²) < 4.78 is 28.5. The first kappa shape index (κ1) is 75.4. The molecule has 1 saturated heterocycles. The van der Waals surface area contributed by atoms with Crippen LogP contribution in [-0.2, 0) is 42.9 Å². The molecule has 0 spiro atoms. The number of unbranched alkanes of at least 4 members (excludes halogenated alkanes) is 33. The van der Waals surface area contributed by atoms with Crippen LogP contribution in [0, 0.1) is 0 Å². The molecule has 81 heavy (non-hydrogen) atoms. The average molecular weight is 1140 g/mol. The monoisotopic (exact) mass is 1140 g/mol. The van der Waals surface area contributed by atoms with Crippen LogP contribution in [0.15, 0.2) is 60.8 Å². The Morgan fingerprint density at radius 3 is 1.17 bits per heavy atom. The van der Waals surface area contributed by atoms with Gasteiger partial charge in [0.05, 0.1) is 6.61 Å². The highest BCUT2D eigenvalue weighted by atomic mass is 16.7. The van der Waals surface area contributed by atoms with Crippen molar-refractivity contribution in [2.45, 2.75) is 340 Å². The molecule has 1 aliphatic rings. The zero-order valence-electron chi connectivity index (χ0n) is 51.8. The van der Waals surface area contributed by atoms with Crippen LogP contribution in [0.1, 0.15) is 303 Å². The van der Waals surface area contributed by atoms with Gasteiger partial charge in [-0.2, -0.15) is 0 Å². The highest BCUT2D eigenvalue weighted by molar-refractivity contribution is 5.74. The van der Waals surface area contributed by atoms with Crippen molar-refractivity contribution in [1.29, 1.82) is 0 Å². The minimum absolute atomic E-state index is 0.0450. The van der Waals surface area contributed by atoms with Gasteiger partial charge in [0.1, 0.15) is 18.8 Å². The number of carbonyl (C=O) groups is 4. The van der Waals surface area contributed by atoms with Crippen LogP contribution in [-0.4, -0.2) is 89.2 Å². The smallest absolute Gasteiger partial charge is 0.335 e. The molecule has 0 aromatic heterocycles. The van der Waals surface area contributed by atoms with Crippen LogP contribution >= 0.6 is 0 Å². The first-order valence-electron chi connectivity index (χ1n) is 33.3. The number of carbonyl (C=O) groups excluding carboxylic acids is 3. The third-order valence-electron chi connectivity index (χ3n) is 15.0. The average Bonchev–Trinajstić information content (AvgIpc) is 3.54. The Bertz CT molecular complexity index is 1640. The number of aliphatic hydroxyl groups is 2. The van der Waals surface area contributed by atoms with E-state index in [1.165, 1.54) is 135 Å². The van der Waals surface area contributed by atoms with E-state index in [0.717, 1.165) is 109 Å². The first-order valence-corrected chi connectivity index (χ1v) is 33.3. The summed E-state index contributed by atoms with van der Waals surface area (Å²) in [6.07, 6.45) is 58.9. The highest BCUT2D eigenvalue weighted by Crippen LogP contribution is 2.27. The summed E-state index contributed by atoms with van der Waals surface area (Å²) in [6, 6.07) is 0. The van der Waals surface area contributed by atoms with Crippen molar-refractivity contribution in [3.05, 3.63) is 60.8 Å². The number of aliphatic carboxylic acids is 1. The van der Waals surface area contributed by atoms with Gasteiger partial charge in [-0.25, -0.2) is 4.79 Å². The van der Waals surface area contributed by atoms with E-state index >= 15 is 0 Å². The van der Waals surface area contributed by atoms with Gasteiger partial charge in [-0.15, -0.1) is 0 Å². The standard InChI is InChI=1S/C69H120O12/c1-4-7-10-13-16-19-22-25-27-29-31-33-35-38-40-43-46-49-52-55-61(70)77-58-60(79-62(71)56-53-50-47-44-41-37-24-21-18-15-12-9-6-3)59-78-69-67(65(74)64(73)66(81-69)68(75)76)80-63(72)57-54-51-48-45-42-39-36-34-32-30-28-26-23-20-17-14-11-8-5-2/h17,20-21,24-28,32,34,60,64-67,69,73-74H,4-16,18-19,22-23,29-31,33,35-59H2,1-3H3,(H,75,76)/b20-17-,24-21-,27-25-,28-26-,34-32-. The molecule has 0 aromatic rings.